The third kappa shape index (κ3) is 5.34. The van der Waals surface area contributed by atoms with Crippen LogP contribution in [0.25, 0.3) is 0 Å². The summed E-state index contributed by atoms with van der Waals surface area (Å²) >= 11 is 11.7. The molecule has 0 saturated carbocycles. The molecule has 0 aromatic heterocycles. The Morgan fingerprint density at radius 2 is 0.633 bits per heavy atom. The Morgan fingerprint density at radius 1 is 0.467 bits per heavy atom. The van der Waals surface area contributed by atoms with Crippen LogP contribution < -0.4 is 21.7 Å². The van der Waals surface area contributed by atoms with E-state index in [4.69, 9.17) is 24.4 Å². The van der Waals surface area contributed by atoms with Crippen LogP contribution in [-0.4, -0.2) is 64.7 Å². The molecule has 8 nitrogen and oxygen atoms in total. The maximum absolute atomic E-state index is 5.83. The third-order valence-electron chi connectivity index (χ3n) is 4.85. The van der Waals surface area contributed by atoms with Crippen molar-refractivity contribution < 1.29 is 0 Å². The molecule has 4 N–H and O–H groups in total. The molecule has 2 heterocycles. The average molecular weight is 459 g/mol. The van der Waals surface area contributed by atoms with Crippen LogP contribution in [0.5, 0.6) is 0 Å². The zero-order chi connectivity index (χ0) is 23.4. The minimum absolute atomic E-state index is 0.187. The minimum atomic E-state index is -0.196. The van der Waals surface area contributed by atoms with Gasteiger partial charge in [0, 0.05) is 0 Å². The van der Waals surface area contributed by atoms with Crippen LogP contribution in [0.2, 0.25) is 0 Å². The van der Waals surface area contributed by atoms with Crippen LogP contribution in [0.15, 0.2) is 0 Å². The Bertz CT molecular complexity index is 558. The zero-order valence-corrected chi connectivity index (χ0v) is 22.4. The molecule has 2 saturated heterocycles. The molecule has 0 radical (unpaired) electrons. The lowest BCUT2D eigenvalue weighted by molar-refractivity contribution is -0.0633. The van der Waals surface area contributed by atoms with E-state index in [9.17, 15) is 0 Å². The quantitative estimate of drug-likeness (QED) is 0.441. The molecular formula is C20H42N8S2. The van der Waals surface area contributed by atoms with Crippen molar-refractivity contribution in [2.24, 2.45) is 0 Å². The molecule has 0 unspecified atom stereocenters. The highest BCUT2D eigenvalue weighted by Crippen LogP contribution is 2.26. The summed E-state index contributed by atoms with van der Waals surface area (Å²) in [6.45, 7) is 25.8. The van der Waals surface area contributed by atoms with Gasteiger partial charge in [0.1, 0.15) is 12.3 Å². The lowest BCUT2D eigenvalue weighted by Crippen LogP contribution is -2.84. The van der Waals surface area contributed by atoms with Gasteiger partial charge in [0.25, 0.3) is 0 Å². The lowest BCUT2D eigenvalue weighted by Gasteiger charge is -2.58. The van der Waals surface area contributed by atoms with Gasteiger partial charge in [-0.1, -0.05) is 0 Å². The van der Waals surface area contributed by atoms with Gasteiger partial charge in [-0.3, -0.25) is 20.0 Å². The molecule has 2 fully saturated rings. The van der Waals surface area contributed by atoms with Crippen molar-refractivity contribution in [1.29, 1.82) is 0 Å². The van der Waals surface area contributed by atoms with Crippen molar-refractivity contribution in [3.63, 3.8) is 0 Å². The lowest BCUT2D eigenvalue weighted by atomic mass is 10.1. The molecular weight excluding hydrogens is 416 g/mol. The summed E-state index contributed by atoms with van der Waals surface area (Å²) in [5, 5.41) is 9.69. The fraction of sp³-hybridized carbons (Fsp3) is 0.900. The van der Waals surface area contributed by atoms with E-state index in [-0.39, 0.29) is 34.5 Å². The number of hydrogen-bond donors (Lipinski definition) is 4. The van der Waals surface area contributed by atoms with Crippen molar-refractivity contribution in [3.05, 3.63) is 0 Å². The van der Waals surface area contributed by atoms with Crippen molar-refractivity contribution in [3.8, 4) is 0 Å². The second-order valence-corrected chi connectivity index (χ2v) is 12.8. The minimum Gasteiger partial charge on any atom is -0.276 e. The monoisotopic (exact) mass is 458 g/mol. The fourth-order valence-corrected chi connectivity index (χ4v) is 4.56. The number of rotatable bonds is 1. The van der Waals surface area contributed by atoms with Gasteiger partial charge in [0.15, 0.2) is 0 Å². The van der Waals surface area contributed by atoms with Crippen LogP contribution in [-0.2, 0) is 0 Å². The van der Waals surface area contributed by atoms with Gasteiger partial charge in [-0.2, -0.15) is 0 Å². The van der Waals surface area contributed by atoms with Crippen LogP contribution in [0.3, 0.4) is 0 Å². The number of hydrogen-bond acceptors (Lipinski definition) is 6. The second-order valence-electron chi connectivity index (χ2n) is 12.1. The Hall–Kier alpha value is -0.780. The molecule has 0 aromatic rings. The van der Waals surface area contributed by atoms with E-state index >= 15 is 0 Å². The first kappa shape index (κ1) is 25.5. The van der Waals surface area contributed by atoms with Crippen LogP contribution in [0.4, 0.5) is 0 Å². The number of nitrogens with one attached hydrogen (secondary N) is 4. The van der Waals surface area contributed by atoms with Crippen molar-refractivity contribution in [1.82, 2.24) is 41.7 Å². The van der Waals surface area contributed by atoms with Crippen molar-refractivity contribution >= 4 is 34.7 Å². The number of hydrazine groups is 4. The molecule has 0 amide bonds. The van der Waals surface area contributed by atoms with E-state index in [1.807, 2.05) is 0 Å². The Kier molecular flexibility index (Phi) is 6.77. The fourth-order valence-electron chi connectivity index (χ4n) is 3.26. The summed E-state index contributed by atoms with van der Waals surface area (Å²) in [6.07, 6.45) is -0.374. The third-order valence-corrected chi connectivity index (χ3v) is 5.58. The molecule has 2 aliphatic heterocycles. The summed E-state index contributed by atoms with van der Waals surface area (Å²) in [5.41, 5.74) is 13.6. The SMILES string of the molecule is CC(C)(C)N1NC(C2NN(C(C)(C)C)C(=S)N(C(C)(C)C)N2)NN(C(C)(C)C)C1=S. The highest BCUT2D eigenvalue weighted by atomic mass is 32.1. The molecule has 0 bridgehead atoms. The van der Waals surface area contributed by atoms with Crippen LogP contribution in [0, 0.1) is 0 Å². The summed E-state index contributed by atoms with van der Waals surface area (Å²) in [4.78, 5) is 0. The van der Waals surface area contributed by atoms with Gasteiger partial charge in [0.2, 0.25) is 10.2 Å². The van der Waals surface area contributed by atoms with Crippen LogP contribution >= 0.6 is 24.4 Å². The Morgan fingerprint density at radius 3 is 0.767 bits per heavy atom. The smallest absolute Gasteiger partial charge is 0.201 e. The van der Waals surface area contributed by atoms with E-state index in [0.717, 1.165) is 10.2 Å². The van der Waals surface area contributed by atoms with Gasteiger partial charge in [-0.25, -0.2) is 21.7 Å². The molecule has 174 valence electrons. The maximum Gasteiger partial charge on any atom is 0.201 e. The second kappa shape index (κ2) is 7.97. The number of nitrogens with zero attached hydrogens (tertiary/aromatic N) is 4. The molecule has 0 spiro atoms. The molecule has 2 rings (SSSR count). The zero-order valence-electron chi connectivity index (χ0n) is 20.8. The first-order valence-corrected chi connectivity index (χ1v) is 11.4. The summed E-state index contributed by atoms with van der Waals surface area (Å²) in [6, 6.07) is 0. The predicted molar refractivity (Wildman–Crippen MR) is 132 cm³/mol. The van der Waals surface area contributed by atoms with Gasteiger partial charge in [-0.15, -0.1) is 0 Å². The highest BCUT2D eigenvalue weighted by Gasteiger charge is 2.46. The van der Waals surface area contributed by atoms with E-state index in [2.05, 4.69) is 125 Å². The van der Waals surface area contributed by atoms with E-state index in [0.29, 0.717) is 0 Å². The van der Waals surface area contributed by atoms with E-state index in [1.54, 1.807) is 0 Å². The summed E-state index contributed by atoms with van der Waals surface area (Å²) in [5.74, 6) is 0. The van der Waals surface area contributed by atoms with Crippen molar-refractivity contribution in [2.75, 3.05) is 0 Å². The van der Waals surface area contributed by atoms with Gasteiger partial charge in [0.05, 0.1) is 22.2 Å². The summed E-state index contributed by atoms with van der Waals surface area (Å²) < 4.78 is 0. The Labute approximate surface area is 193 Å². The molecule has 2 aliphatic rings. The van der Waals surface area contributed by atoms with E-state index < -0.39 is 0 Å². The Balaban J connectivity index is 2.43. The first-order valence-electron chi connectivity index (χ1n) is 10.6. The summed E-state index contributed by atoms with van der Waals surface area (Å²) in [7, 11) is 0. The molecule has 30 heavy (non-hydrogen) atoms. The molecule has 0 aliphatic carbocycles. The van der Waals surface area contributed by atoms with E-state index in [1.165, 1.54) is 0 Å². The standard InChI is InChI=1S/C20H42N8S2/c1-17(2,3)25-15(29)26(18(4,5)6)22-13(21-25)14-23-27(19(7,8)9)16(30)28(24-14)20(10,11)12/h13-14,21-24H,1-12H3. The predicted octanol–water partition coefficient (Wildman–Crippen LogP) is 2.66. The highest BCUT2D eigenvalue weighted by molar-refractivity contribution is 7.80. The van der Waals surface area contributed by atoms with Gasteiger partial charge < -0.3 is 0 Å². The average Bonchev–Trinajstić information content (AvgIpc) is 2.50. The van der Waals surface area contributed by atoms with Gasteiger partial charge >= 0.3 is 0 Å². The topological polar surface area (TPSA) is 61.1 Å². The largest absolute Gasteiger partial charge is 0.276 e. The van der Waals surface area contributed by atoms with Gasteiger partial charge in [-0.05, 0) is 108 Å². The maximum atomic E-state index is 5.83. The molecule has 10 heteroatoms. The molecule has 0 aromatic carbocycles. The first-order chi connectivity index (χ1) is 13.2. The van der Waals surface area contributed by atoms with Crippen LogP contribution in [0.1, 0.15) is 83.1 Å². The van der Waals surface area contributed by atoms with Crippen molar-refractivity contribution in [2.45, 2.75) is 118 Å². The normalized spacial score (nSPS) is 21.7. The molecule has 0 atom stereocenters. The number of thiocarbonyl (C=S) groups is 2.